The Hall–Kier alpha value is -3.18. The number of ketones is 1. The van der Waals surface area contributed by atoms with Crippen LogP contribution in [0, 0.1) is 0 Å². The van der Waals surface area contributed by atoms with Crippen LogP contribution in [-0.2, 0) is 20.7 Å². The molecule has 0 atom stereocenters. The summed E-state index contributed by atoms with van der Waals surface area (Å²) in [5.41, 5.74) is 3.02. The van der Waals surface area contributed by atoms with Crippen molar-refractivity contribution in [1.29, 1.82) is 0 Å². The van der Waals surface area contributed by atoms with Crippen LogP contribution in [0.1, 0.15) is 26.3 Å². The number of hydrogen-bond donors (Lipinski definition) is 1. The van der Waals surface area contributed by atoms with Crippen molar-refractivity contribution < 1.29 is 23.9 Å². The molecule has 2 aromatic carbocycles. The van der Waals surface area contributed by atoms with Gasteiger partial charge in [0.2, 0.25) is 0 Å². The number of nitrogens with zero attached hydrogens (tertiary/aromatic N) is 2. The Bertz CT molecular complexity index is 1330. The van der Waals surface area contributed by atoms with E-state index in [2.05, 4.69) is 56.3 Å². The Morgan fingerprint density at radius 3 is 2.25 bits per heavy atom. The molecule has 1 aromatic heterocycles. The van der Waals surface area contributed by atoms with E-state index in [0.717, 1.165) is 11.8 Å². The Kier molecular flexibility index (Phi) is 7.31. The third kappa shape index (κ3) is 5.17. The molecule has 32 heavy (non-hydrogen) atoms. The van der Waals surface area contributed by atoms with Crippen LogP contribution in [0.3, 0.4) is 0 Å². The van der Waals surface area contributed by atoms with Crippen LogP contribution in [-0.4, -0.2) is 48.1 Å². The number of fused-ring (bicyclic) bond motifs is 2. The molecular weight excluding hydrogens is 550 g/mol. The zero-order valence-electron chi connectivity index (χ0n) is 16.8. The summed E-state index contributed by atoms with van der Waals surface area (Å²) >= 11 is 6.58. The van der Waals surface area contributed by atoms with Gasteiger partial charge in [-0.3, -0.25) is 14.6 Å². The van der Waals surface area contributed by atoms with Gasteiger partial charge in [0.1, 0.15) is 0 Å². The first-order valence-corrected chi connectivity index (χ1v) is 10.6. The van der Waals surface area contributed by atoms with E-state index >= 15 is 0 Å². The minimum atomic E-state index is -0.449. The number of H-pyrrole nitrogens is 1. The maximum atomic E-state index is 11.4. The van der Waals surface area contributed by atoms with Crippen molar-refractivity contribution in [2.75, 3.05) is 14.2 Å². The highest BCUT2D eigenvalue weighted by atomic mass is 79.9. The lowest BCUT2D eigenvalue weighted by molar-refractivity contribution is -0.112. The standard InChI is InChI=1S/C11H8BrNO3.C10H7BrN2O3/c1-16-11(15)7-2-6-3-8(14)5-13-10(6)9(12)4-7;1-16-10(15)5-2-6(11)9-7(3-5)12-4-8(14)13-9/h2,4-5H,3H2,1H3;2-4H,1H3,(H,13,14). The fourth-order valence-electron chi connectivity index (χ4n) is 2.88. The largest absolute Gasteiger partial charge is 0.465 e. The van der Waals surface area contributed by atoms with Crippen molar-refractivity contribution in [1.82, 2.24) is 9.97 Å². The summed E-state index contributed by atoms with van der Waals surface area (Å²) in [4.78, 5) is 55.6. The highest BCUT2D eigenvalue weighted by Gasteiger charge is 2.18. The first kappa shape index (κ1) is 23.5. The van der Waals surface area contributed by atoms with Crippen LogP contribution >= 0.6 is 31.9 Å². The van der Waals surface area contributed by atoms with Crippen LogP contribution in [0.4, 0.5) is 5.69 Å². The minimum Gasteiger partial charge on any atom is -0.465 e. The maximum Gasteiger partial charge on any atom is 0.337 e. The molecule has 0 saturated heterocycles. The topological polar surface area (TPSA) is 128 Å². The van der Waals surface area contributed by atoms with Gasteiger partial charge in [-0.25, -0.2) is 14.6 Å². The number of carbonyl (C=O) groups excluding carboxylic acids is 3. The molecule has 0 amide bonds. The van der Waals surface area contributed by atoms with Gasteiger partial charge in [-0.2, -0.15) is 0 Å². The van der Waals surface area contributed by atoms with Gasteiger partial charge in [0.05, 0.1) is 54.5 Å². The molecule has 1 aliphatic heterocycles. The third-order valence-electron chi connectivity index (χ3n) is 4.33. The summed E-state index contributed by atoms with van der Waals surface area (Å²) in [6, 6.07) is 6.41. The lowest BCUT2D eigenvalue weighted by Crippen LogP contribution is -2.10. The molecule has 9 nitrogen and oxygen atoms in total. The van der Waals surface area contributed by atoms with Crippen molar-refractivity contribution in [2.24, 2.45) is 4.99 Å². The predicted molar refractivity (Wildman–Crippen MR) is 124 cm³/mol. The number of benzene rings is 2. The zero-order chi connectivity index (χ0) is 23.4. The number of aliphatic imine (C=N–C) groups is 1. The molecule has 1 N–H and O–H groups in total. The van der Waals surface area contributed by atoms with Crippen molar-refractivity contribution in [3.05, 3.63) is 66.5 Å². The second-order valence-corrected chi connectivity index (χ2v) is 8.16. The summed E-state index contributed by atoms with van der Waals surface area (Å²) in [5, 5.41) is 0. The zero-order valence-corrected chi connectivity index (χ0v) is 19.9. The number of methoxy groups -OCH3 is 2. The predicted octanol–water partition coefficient (Wildman–Crippen LogP) is 3.54. The van der Waals surface area contributed by atoms with E-state index in [-0.39, 0.29) is 17.8 Å². The molecular formula is C21H15Br2N3O6. The van der Waals surface area contributed by atoms with Gasteiger partial charge < -0.3 is 14.5 Å². The van der Waals surface area contributed by atoms with Gasteiger partial charge in [0.15, 0.2) is 5.78 Å². The lowest BCUT2D eigenvalue weighted by Gasteiger charge is -2.12. The van der Waals surface area contributed by atoms with E-state index < -0.39 is 11.9 Å². The quantitative estimate of drug-likeness (QED) is 0.471. The Morgan fingerprint density at radius 2 is 1.59 bits per heavy atom. The Morgan fingerprint density at radius 1 is 0.969 bits per heavy atom. The Balaban J connectivity index is 0.000000181. The van der Waals surface area contributed by atoms with E-state index in [1.807, 2.05) is 0 Å². The molecule has 4 rings (SSSR count). The maximum absolute atomic E-state index is 11.4. The van der Waals surface area contributed by atoms with Gasteiger partial charge >= 0.3 is 11.9 Å². The number of hydrogen-bond acceptors (Lipinski definition) is 8. The molecule has 0 fully saturated rings. The van der Waals surface area contributed by atoms with Gasteiger partial charge in [0, 0.05) is 15.4 Å². The molecule has 164 valence electrons. The summed E-state index contributed by atoms with van der Waals surface area (Å²) in [6.07, 6.45) is 2.73. The number of Topliss-reactive ketones (excluding diaryl/α,β-unsaturated/α-hetero) is 1. The second-order valence-electron chi connectivity index (χ2n) is 6.45. The number of halogens is 2. The molecule has 11 heteroatoms. The highest BCUT2D eigenvalue weighted by molar-refractivity contribution is 9.11. The van der Waals surface area contributed by atoms with Crippen molar-refractivity contribution in [3.63, 3.8) is 0 Å². The number of aromatic amines is 1. The van der Waals surface area contributed by atoms with E-state index in [9.17, 15) is 19.2 Å². The number of aromatic nitrogens is 2. The fourth-order valence-corrected chi connectivity index (χ4v) is 4.03. The molecule has 0 saturated carbocycles. The van der Waals surface area contributed by atoms with Crippen LogP contribution in [0.2, 0.25) is 0 Å². The first-order valence-electron chi connectivity index (χ1n) is 8.98. The summed E-state index contributed by atoms with van der Waals surface area (Å²) < 4.78 is 10.5. The molecule has 0 unspecified atom stereocenters. The van der Waals surface area contributed by atoms with Crippen molar-refractivity contribution in [3.8, 4) is 0 Å². The monoisotopic (exact) mass is 563 g/mol. The average molecular weight is 565 g/mol. The fraction of sp³-hybridized carbons (Fsp3) is 0.143. The van der Waals surface area contributed by atoms with Crippen LogP contribution < -0.4 is 5.56 Å². The molecule has 2 heterocycles. The van der Waals surface area contributed by atoms with Crippen molar-refractivity contribution >= 4 is 72.5 Å². The molecule has 0 spiro atoms. The van der Waals surface area contributed by atoms with Crippen LogP contribution in [0.15, 0.2) is 49.2 Å². The molecule has 1 aliphatic rings. The van der Waals surface area contributed by atoms with Gasteiger partial charge in [-0.05, 0) is 61.7 Å². The normalized spacial score (nSPS) is 11.9. The smallest absolute Gasteiger partial charge is 0.337 e. The number of esters is 2. The number of ether oxygens (including phenoxy) is 2. The van der Waals surface area contributed by atoms with Crippen LogP contribution in [0.25, 0.3) is 11.0 Å². The van der Waals surface area contributed by atoms with Crippen LogP contribution in [0.5, 0.6) is 0 Å². The van der Waals surface area contributed by atoms with E-state index in [0.29, 0.717) is 36.8 Å². The molecule has 0 aliphatic carbocycles. The lowest BCUT2D eigenvalue weighted by atomic mass is 10.0. The third-order valence-corrected chi connectivity index (χ3v) is 5.56. The van der Waals surface area contributed by atoms with E-state index in [1.54, 1.807) is 24.3 Å². The van der Waals surface area contributed by atoms with Gasteiger partial charge in [0.25, 0.3) is 5.56 Å². The summed E-state index contributed by atoms with van der Waals surface area (Å²) in [5.74, 6) is -0.942. The molecule has 0 bridgehead atoms. The van der Waals surface area contributed by atoms with E-state index in [4.69, 9.17) is 0 Å². The SMILES string of the molecule is COC(=O)c1cc(Br)c2[nH]c(=O)cnc2c1.COC(=O)c1cc(Br)c2c(c1)CC(=O)C=N2. The number of carbonyl (C=O) groups is 3. The van der Waals surface area contributed by atoms with Gasteiger partial charge in [-0.15, -0.1) is 0 Å². The molecule has 3 aromatic rings. The highest BCUT2D eigenvalue weighted by Crippen LogP contribution is 2.33. The minimum absolute atomic E-state index is 0.0681. The van der Waals surface area contributed by atoms with Crippen molar-refractivity contribution in [2.45, 2.75) is 6.42 Å². The first-order chi connectivity index (χ1) is 15.2. The summed E-state index contributed by atoms with van der Waals surface area (Å²) in [6.45, 7) is 0. The van der Waals surface area contributed by atoms with E-state index in [1.165, 1.54) is 20.4 Å². The molecule has 0 radical (unpaired) electrons. The number of nitrogens with one attached hydrogen (secondary N) is 1. The Labute approximate surface area is 198 Å². The average Bonchev–Trinajstić information content (AvgIpc) is 2.78. The second kappa shape index (κ2) is 9.96. The summed E-state index contributed by atoms with van der Waals surface area (Å²) in [7, 11) is 2.62. The van der Waals surface area contributed by atoms with Gasteiger partial charge in [-0.1, -0.05) is 0 Å². The number of rotatable bonds is 2.